The van der Waals surface area contributed by atoms with Crippen LogP contribution >= 0.6 is 23.2 Å². The number of rotatable bonds is 3. The summed E-state index contributed by atoms with van der Waals surface area (Å²) in [6.07, 6.45) is 0.547. The van der Waals surface area contributed by atoms with Crippen LogP contribution in [0.15, 0.2) is 30.3 Å². The van der Waals surface area contributed by atoms with Gasteiger partial charge < -0.3 is 4.90 Å². The average molecular weight is 272 g/mol. The summed E-state index contributed by atoms with van der Waals surface area (Å²) in [6.45, 7) is 3.97. The molecule has 0 aliphatic heterocycles. The summed E-state index contributed by atoms with van der Waals surface area (Å²) in [5.41, 5.74) is 0.892. The number of hydrogen-bond donors (Lipinski definition) is 0. The van der Waals surface area contributed by atoms with Gasteiger partial charge in [-0.3, -0.25) is 4.79 Å². The summed E-state index contributed by atoms with van der Waals surface area (Å²) in [6, 6.07) is 9.69. The van der Waals surface area contributed by atoms with Crippen LogP contribution in [0, 0.1) is 5.92 Å². The monoisotopic (exact) mass is 271 g/mol. The van der Waals surface area contributed by atoms with Gasteiger partial charge in [0.25, 0.3) is 0 Å². The summed E-state index contributed by atoms with van der Waals surface area (Å²) in [5, 5.41) is 0. The minimum atomic E-state index is -0.862. The molecule has 0 bridgehead atoms. The Labute approximate surface area is 112 Å². The van der Waals surface area contributed by atoms with Gasteiger partial charge in [-0.15, -0.1) is 23.2 Å². The molecule has 0 heterocycles. The Bertz CT molecular complexity index is 417. The number of anilines is 1. The molecule has 1 aromatic carbocycles. The molecule has 2 rings (SSSR count). The fourth-order valence-corrected chi connectivity index (χ4v) is 2.41. The van der Waals surface area contributed by atoms with Crippen molar-refractivity contribution >= 4 is 34.8 Å². The summed E-state index contributed by atoms with van der Waals surface area (Å²) < 4.78 is -0.862. The molecule has 1 saturated carbocycles. The maximum atomic E-state index is 12.3. The second-order valence-electron chi connectivity index (χ2n) is 4.66. The van der Waals surface area contributed by atoms with Crippen molar-refractivity contribution in [1.29, 1.82) is 0 Å². The molecule has 17 heavy (non-hydrogen) atoms. The quantitative estimate of drug-likeness (QED) is 0.769. The van der Waals surface area contributed by atoms with E-state index in [0.717, 1.165) is 5.69 Å². The Morgan fingerprint density at radius 3 is 2.29 bits per heavy atom. The fraction of sp³-hybridized carbons (Fsp3) is 0.462. The van der Waals surface area contributed by atoms with Crippen molar-refractivity contribution in [2.24, 2.45) is 5.92 Å². The number of hydrogen-bond acceptors (Lipinski definition) is 1. The van der Waals surface area contributed by atoms with E-state index < -0.39 is 4.33 Å². The molecule has 0 saturated heterocycles. The molecule has 0 spiro atoms. The largest absolute Gasteiger partial charge is 0.310 e. The lowest BCUT2D eigenvalue weighted by molar-refractivity contribution is -0.120. The van der Waals surface area contributed by atoms with E-state index in [1.165, 1.54) is 0 Å². The van der Waals surface area contributed by atoms with Crippen molar-refractivity contribution in [3.8, 4) is 0 Å². The van der Waals surface area contributed by atoms with Crippen molar-refractivity contribution in [1.82, 2.24) is 0 Å². The van der Waals surface area contributed by atoms with Gasteiger partial charge in [-0.1, -0.05) is 18.2 Å². The second kappa shape index (κ2) is 4.51. The number of nitrogens with zero attached hydrogens (tertiary/aromatic N) is 1. The molecule has 1 aliphatic carbocycles. The molecule has 2 nitrogen and oxygen atoms in total. The van der Waals surface area contributed by atoms with E-state index in [-0.39, 0.29) is 17.9 Å². The lowest BCUT2D eigenvalue weighted by Gasteiger charge is -2.27. The molecule has 1 atom stereocenters. The van der Waals surface area contributed by atoms with E-state index in [2.05, 4.69) is 0 Å². The lowest BCUT2D eigenvalue weighted by atomic mass is 10.2. The van der Waals surface area contributed by atoms with E-state index in [1.807, 2.05) is 44.2 Å². The molecular formula is C13H15Cl2NO. The normalized spacial score (nSPS) is 21.4. The molecule has 0 N–H and O–H groups in total. The van der Waals surface area contributed by atoms with Gasteiger partial charge in [-0.25, -0.2) is 0 Å². The number of para-hydroxylation sites is 1. The molecule has 0 aromatic heterocycles. The summed E-state index contributed by atoms with van der Waals surface area (Å²) in [4.78, 5) is 14.1. The third-order valence-corrected chi connectivity index (χ3v) is 3.75. The van der Waals surface area contributed by atoms with Crippen LogP contribution in [0.4, 0.5) is 5.69 Å². The zero-order valence-corrected chi connectivity index (χ0v) is 11.4. The highest BCUT2D eigenvalue weighted by atomic mass is 35.5. The standard InChI is InChI=1S/C13H15Cl2NO/c1-9(2)16(10-6-4-3-5-7-10)12(17)11-8-13(11,14)15/h3-7,9,11H,8H2,1-2H3. The van der Waals surface area contributed by atoms with Gasteiger partial charge in [0.1, 0.15) is 4.33 Å². The number of carbonyl (C=O) groups excluding carboxylic acids is 1. The minimum absolute atomic E-state index is 0.0104. The lowest BCUT2D eigenvalue weighted by Crippen LogP contribution is -2.39. The Morgan fingerprint density at radius 2 is 1.88 bits per heavy atom. The zero-order valence-electron chi connectivity index (χ0n) is 9.86. The van der Waals surface area contributed by atoms with Crippen molar-refractivity contribution in [2.75, 3.05) is 4.90 Å². The Balaban J connectivity index is 2.22. The molecule has 92 valence electrons. The van der Waals surface area contributed by atoms with Gasteiger partial charge in [0.05, 0.1) is 5.92 Å². The molecular weight excluding hydrogens is 257 g/mol. The Hall–Kier alpha value is -0.730. The average Bonchev–Trinajstić information content (AvgIpc) is 2.89. The highest BCUT2D eigenvalue weighted by molar-refractivity contribution is 6.52. The molecule has 1 amide bonds. The van der Waals surface area contributed by atoms with Gasteiger partial charge in [0.15, 0.2) is 0 Å². The summed E-state index contributed by atoms with van der Waals surface area (Å²) >= 11 is 11.9. The van der Waals surface area contributed by atoms with Crippen LogP contribution < -0.4 is 4.90 Å². The highest BCUT2D eigenvalue weighted by Crippen LogP contribution is 2.54. The molecule has 1 aromatic rings. The van der Waals surface area contributed by atoms with Crippen LogP contribution in [0.3, 0.4) is 0 Å². The third-order valence-electron chi connectivity index (χ3n) is 2.91. The van der Waals surface area contributed by atoms with E-state index in [9.17, 15) is 4.79 Å². The number of benzene rings is 1. The Kier molecular flexibility index (Phi) is 3.37. The van der Waals surface area contributed by atoms with Gasteiger partial charge in [-0.2, -0.15) is 0 Å². The van der Waals surface area contributed by atoms with Crippen LogP contribution in [-0.2, 0) is 4.79 Å². The first-order chi connectivity index (χ1) is 7.93. The molecule has 1 fully saturated rings. The zero-order chi connectivity index (χ0) is 12.6. The van der Waals surface area contributed by atoms with Crippen molar-refractivity contribution < 1.29 is 4.79 Å². The number of amides is 1. The second-order valence-corrected chi connectivity index (χ2v) is 6.20. The van der Waals surface area contributed by atoms with Crippen LogP contribution in [0.1, 0.15) is 20.3 Å². The number of alkyl halides is 2. The van der Waals surface area contributed by atoms with Crippen molar-refractivity contribution in [3.05, 3.63) is 30.3 Å². The first-order valence-electron chi connectivity index (χ1n) is 5.69. The minimum Gasteiger partial charge on any atom is -0.310 e. The maximum Gasteiger partial charge on any atom is 0.233 e. The van der Waals surface area contributed by atoms with E-state index in [4.69, 9.17) is 23.2 Å². The van der Waals surface area contributed by atoms with Crippen LogP contribution in [0.25, 0.3) is 0 Å². The van der Waals surface area contributed by atoms with Gasteiger partial charge in [0.2, 0.25) is 5.91 Å². The maximum absolute atomic E-state index is 12.3. The van der Waals surface area contributed by atoms with Crippen LogP contribution in [0.2, 0.25) is 0 Å². The predicted octanol–water partition coefficient (Wildman–Crippen LogP) is 3.62. The third kappa shape index (κ3) is 2.58. The summed E-state index contributed by atoms with van der Waals surface area (Å²) in [5.74, 6) is -0.260. The summed E-state index contributed by atoms with van der Waals surface area (Å²) in [7, 11) is 0. The number of carbonyl (C=O) groups is 1. The molecule has 1 unspecified atom stereocenters. The van der Waals surface area contributed by atoms with Crippen LogP contribution in [-0.4, -0.2) is 16.3 Å². The van der Waals surface area contributed by atoms with Gasteiger partial charge in [0, 0.05) is 11.7 Å². The van der Waals surface area contributed by atoms with E-state index in [1.54, 1.807) is 4.90 Å². The van der Waals surface area contributed by atoms with Gasteiger partial charge in [-0.05, 0) is 32.4 Å². The first kappa shape index (κ1) is 12.7. The van der Waals surface area contributed by atoms with Crippen molar-refractivity contribution in [3.63, 3.8) is 0 Å². The molecule has 4 heteroatoms. The molecule has 1 aliphatic rings. The topological polar surface area (TPSA) is 20.3 Å². The molecule has 0 radical (unpaired) electrons. The van der Waals surface area contributed by atoms with Gasteiger partial charge >= 0.3 is 0 Å². The fourth-order valence-electron chi connectivity index (χ4n) is 1.92. The van der Waals surface area contributed by atoms with Crippen LogP contribution in [0.5, 0.6) is 0 Å². The smallest absolute Gasteiger partial charge is 0.233 e. The predicted molar refractivity (Wildman–Crippen MR) is 71.6 cm³/mol. The highest BCUT2D eigenvalue weighted by Gasteiger charge is 2.57. The first-order valence-corrected chi connectivity index (χ1v) is 6.45. The van der Waals surface area contributed by atoms with E-state index in [0.29, 0.717) is 6.42 Å². The van der Waals surface area contributed by atoms with E-state index >= 15 is 0 Å². The Morgan fingerprint density at radius 1 is 1.35 bits per heavy atom. The SMILES string of the molecule is CC(C)N(C(=O)C1CC1(Cl)Cl)c1ccccc1. The number of halogens is 2. The van der Waals surface area contributed by atoms with Crippen molar-refractivity contribution in [2.45, 2.75) is 30.6 Å².